The fourth-order valence-corrected chi connectivity index (χ4v) is 2.45. The van der Waals surface area contributed by atoms with Crippen LogP contribution >= 0.6 is 0 Å². The van der Waals surface area contributed by atoms with Crippen molar-refractivity contribution < 1.29 is 46.2 Å². The molecule has 0 bridgehead atoms. The molecule has 2 amide bonds. The molecule has 2 aromatic rings. The first-order chi connectivity index (χ1) is 15.0. The lowest BCUT2D eigenvalue weighted by molar-refractivity contribution is -0.204. The Morgan fingerprint density at radius 3 is 1.28 bits per heavy atom. The Hall–Kier alpha value is -3.96. The van der Waals surface area contributed by atoms with Crippen LogP contribution in [-0.4, -0.2) is 49.8 Å². The van der Waals surface area contributed by atoms with Crippen molar-refractivity contribution in [1.82, 2.24) is 0 Å². The molecule has 0 radical (unpaired) electrons. The Kier molecular flexibility index (Phi) is 7.18. The number of esters is 2. The van der Waals surface area contributed by atoms with Gasteiger partial charge in [-0.15, -0.1) is 0 Å². The number of halogens is 4. The van der Waals surface area contributed by atoms with E-state index in [1.54, 1.807) is 0 Å². The SMILES string of the molecule is COC(=O)c1ccccc1NC(=O)C(F)(F)C(F)(F)C(=O)Nc1ccccc1C(=O)OC. The third kappa shape index (κ3) is 4.68. The molecule has 0 aliphatic rings. The highest BCUT2D eigenvalue weighted by Gasteiger charge is 2.67. The molecule has 0 aliphatic heterocycles. The predicted molar refractivity (Wildman–Crippen MR) is 103 cm³/mol. The van der Waals surface area contributed by atoms with E-state index in [9.17, 15) is 36.7 Å². The number of hydrogen-bond donors (Lipinski definition) is 2. The van der Waals surface area contributed by atoms with Crippen LogP contribution in [0.4, 0.5) is 28.9 Å². The fourth-order valence-electron chi connectivity index (χ4n) is 2.45. The number of anilines is 2. The molecule has 2 N–H and O–H groups in total. The van der Waals surface area contributed by atoms with Crippen LogP contribution in [0.5, 0.6) is 0 Å². The second kappa shape index (κ2) is 9.45. The second-order valence-electron chi connectivity index (χ2n) is 6.13. The second-order valence-corrected chi connectivity index (χ2v) is 6.13. The van der Waals surface area contributed by atoms with Crippen molar-refractivity contribution in [3.05, 3.63) is 59.7 Å². The molecule has 0 heterocycles. The summed E-state index contributed by atoms with van der Waals surface area (Å²) in [4.78, 5) is 47.3. The van der Waals surface area contributed by atoms with Gasteiger partial charge in [0.25, 0.3) is 0 Å². The summed E-state index contributed by atoms with van der Waals surface area (Å²) in [5.41, 5.74) is -1.81. The minimum Gasteiger partial charge on any atom is -0.465 e. The van der Waals surface area contributed by atoms with Gasteiger partial charge in [-0.05, 0) is 24.3 Å². The first-order valence-corrected chi connectivity index (χ1v) is 8.70. The van der Waals surface area contributed by atoms with Crippen molar-refractivity contribution in [2.24, 2.45) is 0 Å². The van der Waals surface area contributed by atoms with Crippen molar-refractivity contribution in [3.63, 3.8) is 0 Å². The van der Waals surface area contributed by atoms with Crippen molar-refractivity contribution >= 4 is 35.1 Å². The standard InChI is InChI=1S/C20H16F4N2O6/c1-31-15(27)11-7-3-5-9-13(11)25-17(29)19(21,22)20(23,24)18(30)26-14-10-6-4-8-12(14)16(28)32-2/h3-10H,1-2H3,(H,25,29)(H,26,30). The van der Waals surface area contributed by atoms with Crippen LogP contribution in [-0.2, 0) is 19.1 Å². The average molecular weight is 456 g/mol. The largest absolute Gasteiger partial charge is 0.465 e. The fraction of sp³-hybridized carbons (Fsp3) is 0.200. The summed E-state index contributed by atoms with van der Waals surface area (Å²) in [5.74, 6) is -18.2. The average Bonchev–Trinajstić information content (AvgIpc) is 2.78. The molecule has 2 rings (SSSR count). The maximum Gasteiger partial charge on any atom is 0.396 e. The number of amides is 2. The molecule has 0 fully saturated rings. The van der Waals surface area contributed by atoms with Gasteiger partial charge in [-0.2, -0.15) is 17.6 Å². The van der Waals surface area contributed by atoms with Crippen LogP contribution < -0.4 is 10.6 Å². The number of ether oxygens (including phenoxy) is 2. The Bertz CT molecular complexity index is 974. The van der Waals surface area contributed by atoms with E-state index in [0.717, 1.165) is 38.5 Å². The van der Waals surface area contributed by atoms with E-state index >= 15 is 0 Å². The van der Waals surface area contributed by atoms with E-state index in [1.165, 1.54) is 34.9 Å². The van der Waals surface area contributed by atoms with Gasteiger partial charge in [0.15, 0.2) is 0 Å². The first-order valence-electron chi connectivity index (χ1n) is 8.70. The summed E-state index contributed by atoms with van der Waals surface area (Å²) >= 11 is 0. The summed E-state index contributed by atoms with van der Waals surface area (Å²) in [5, 5.41) is 3.01. The third-order valence-electron chi connectivity index (χ3n) is 4.13. The maximum atomic E-state index is 14.3. The number of carbonyl (C=O) groups is 4. The van der Waals surface area contributed by atoms with Crippen LogP contribution in [0, 0.1) is 0 Å². The molecule has 0 unspecified atom stereocenters. The normalized spacial score (nSPS) is 11.3. The van der Waals surface area contributed by atoms with Crippen LogP contribution in [0.25, 0.3) is 0 Å². The van der Waals surface area contributed by atoms with E-state index in [-0.39, 0.29) is 11.1 Å². The smallest absolute Gasteiger partial charge is 0.396 e. The van der Waals surface area contributed by atoms with Gasteiger partial charge in [0.05, 0.1) is 36.7 Å². The van der Waals surface area contributed by atoms with Crippen LogP contribution in [0.3, 0.4) is 0 Å². The molecule has 0 saturated carbocycles. The third-order valence-corrected chi connectivity index (χ3v) is 4.13. The molecule has 8 nitrogen and oxygen atoms in total. The number of hydrogen-bond acceptors (Lipinski definition) is 6. The predicted octanol–water partition coefficient (Wildman–Crippen LogP) is 3.11. The summed E-state index contributed by atoms with van der Waals surface area (Å²) < 4.78 is 66.2. The van der Waals surface area contributed by atoms with E-state index in [2.05, 4.69) is 9.47 Å². The van der Waals surface area contributed by atoms with E-state index in [1.807, 2.05) is 0 Å². The Morgan fingerprint density at radius 1 is 0.656 bits per heavy atom. The zero-order valence-corrected chi connectivity index (χ0v) is 16.6. The lowest BCUT2D eigenvalue weighted by atomic mass is 10.1. The topological polar surface area (TPSA) is 111 Å². The number of rotatable bonds is 7. The minimum absolute atomic E-state index is 0.376. The number of alkyl halides is 4. The van der Waals surface area contributed by atoms with E-state index in [4.69, 9.17) is 0 Å². The van der Waals surface area contributed by atoms with Gasteiger partial charge in [0, 0.05) is 0 Å². The van der Waals surface area contributed by atoms with Crippen LogP contribution in [0.2, 0.25) is 0 Å². The van der Waals surface area contributed by atoms with Crippen molar-refractivity contribution in [2.75, 3.05) is 24.9 Å². The number of methoxy groups -OCH3 is 2. The molecule has 2 aromatic carbocycles. The number of nitrogens with one attached hydrogen (secondary N) is 2. The highest BCUT2D eigenvalue weighted by molar-refractivity contribution is 6.09. The van der Waals surface area contributed by atoms with Crippen LogP contribution in [0.15, 0.2) is 48.5 Å². The van der Waals surface area contributed by atoms with Gasteiger partial charge >= 0.3 is 35.6 Å². The molecule has 12 heteroatoms. The lowest BCUT2D eigenvalue weighted by Crippen LogP contribution is -2.56. The number of benzene rings is 2. The van der Waals surface area contributed by atoms with Gasteiger partial charge in [-0.1, -0.05) is 24.3 Å². The highest BCUT2D eigenvalue weighted by atomic mass is 19.3. The summed E-state index contributed by atoms with van der Waals surface area (Å²) in [6.45, 7) is 0. The number of carbonyl (C=O) groups excluding carboxylic acids is 4. The molecule has 0 aliphatic carbocycles. The molecule has 0 atom stereocenters. The first kappa shape index (κ1) is 24.3. The quantitative estimate of drug-likeness (QED) is 0.489. The molecule has 0 aromatic heterocycles. The van der Waals surface area contributed by atoms with Crippen LogP contribution in [0.1, 0.15) is 20.7 Å². The van der Waals surface area contributed by atoms with Crippen molar-refractivity contribution in [1.29, 1.82) is 0 Å². The molecular weight excluding hydrogens is 440 g/mol. The Morgan fingerprint density at radius 2 is 0.969 bits per heavy atom. The van der Waals surface area contributed by atoms with E-state index in [0.29, 0.717) is 0 Å². The minimum atomic E-state index is -5.54. The highest BCUT2D eigenvalue weighted by Crippen LogP contribution is 2.37. The van der Waals surface area contributed by atoms with Gasteiger partial charge in [-0.3, -0.25) is 9.59 Å². The Labute approximate surface area is 178 Å². The molecule has 0 saturated heterocycles. The van der Waals surface area contributed by atoms with Gasteiger partial charge in [0.1, 0.15) is 0 Å². The van der Waals surface area contributed by atoms with Crippen molar-refractivity contribution in [3.8, 4) is 0 Å². The molecule has 32 heavy (non-hydrogen) atoms. The summed E-state index contributed by atoms with van der Waals surface area (Å²) in [6.07, 6.45) is 0. The zero-order chi connectivity index (χ0) is 24.1. The van der Waals surface area contributed by atoms with Gasteiger partial charge in [-0.25, -0.2) is 9.59 Å². The molecular formula is C20H16F4N2O6. The monoisotopic (exact) mass is 456 g/mol. The lowest BCUT2D eigenvalue weighted by Gasteiger charge is -2.25. The Balaban J connectivity index is 2.29. The maximum absolute atomic E-state index is 14.3. The van der Waals surface area contributed by atoms with Gasteiger partial charge in [0.2, 0.25) is 0 Å². The molecule has 170 valence electrons. The number of para-hydroxylation sites is 2. The molecule has 0 spiro atoms. The summed E-state index contributed by atoms with van der Waals surface area (Å²) in [6, 6.07) is 9.35. The summed E-state index contributed by atoms with van der Waals surface area (Å²) in [7, 11) is 1.97. The van der Waals surface area contributed by atoms with Crippen molar-refractivity contribution in [2.45, 2.75) is 11.8 Å². The van der Waals surface area contributed by atoms with E-state index < -0.39 is 47.0 Å². The zero-order valence-electron chi connectivity index (χ0n) is 16.6. The van der Waals surface area contributed by atoms with Gasteiger partial charge < -0.3 is 20.1 Å².